The molecular formula is C10H7F2NO4. The Hall–Kier alpha value is -2.36. The highest BCUT2D eigenvalue weighted by atomic mass is 19.3. The maximum atomic E-state index is 12.1. The van der Waals surface area contributed by atoms with E-state index < -0.39 is 29.6 Å². The summed E-state index contributed by atoms with van der Waals surface area (Å²) >= 11 is 0. The summed E-state index contributed by atoms with van der Waals surface area (Å²) in [4.78, 5) is 11.3. The van der Waals surface area contributed by atoms with Gasteiger partial charge in [-0.25, -0.2) is 4.79 Å². The Morgan fingerprint density at radius 2 is 2.18 bits per heavy atom. The number of hydrogen-bond donors (Lipinski definition) is 1. The van der Waals surface area contributed by atoms with E-state index in [0.717, 1.165) is 19.2 Å². The molecule has 1 aromatic rings. The quantitative estimate of drug-likeness (QED) is 0.816. The van der Waals surface area contributed by atoms with Gasteiger partial charge in [-0.05, 0) is 12.1 Å². The summed E-state index contributed by atoms with van der Waals surface area (Å²) in [5, 5.41) is 18.2. The van der Waals surface area contributed by atoms with E-state index in [9.17, 15) is 18.7 Å². The van der Waals surface area contributed by atoms with Crippen LogP contribution < -0.4 is 4.74 Å². The number of aromatic hydroxyl groups is 1. The lowest BCUT2D eigenvalue weighted by Crippen LogP contribution is -2.10. The van der Waals surface area contributed by atoms with Gasteiger partial charge < -0.3 is 14.6 Å². The van der Waals surface area contributed by atoms with Crippen molar-refractivity contribution < 1.29 is 28.2 Å². The number of carbonyl (C=O) groups excluding carboxylic acids is 1. The maximum Gasteiger partial charge on any atom is 0.387 e. The average molecular weight is 243 g/mol. The number of phenolic OH excluding ortho intramolecular Hbond substituents is 1. The lowest BCUT2D eigenvalue weighted by atomic mass is 10.1. The molecule has 17 heavy (non-hydrogen) atoms. The smallest absolute Gasteiger partial charge is 0.387 e. The summed E-state index contributed by atoms with van der Waals surface area (Å²) in [5.41, 5.74) is -0.848. The van der Waals surface area contributed by atoms with Crippen LogP contribution in [-0.4, -0.2) is 24.8 Å². The lowest BCUT2D eigenvalue weighted by molar-refractivity contribution is -0.0505. The highest BCUT2D eigenvalue weighted by Crippen LogP contribution is 2.32. The molecule has 90 valence electrons. The SMILES string of the molecule is COC(=O)c1c(OC(F)F)ccc(C#N)c1O. The summed E-state index contributed by atoms with van der Waals surface area (Å²) in [6, 6.07) is 3.63. The van der Waals surface area contributed by atoms with Crippen molar-refractivity contribution in [2.45, 2.75) is 6.61 Å². The summed E-state index contributed by atoms with van der Waals surface area (Å²) in [6.45, 7) is -3.16. The number of benzene rings is 1. The van der Waals surface area contributed by atoms with E-state index in [2.05, 4.69) is 9.47 Å². The zero-order valence-corrected chi connectivity index (χ0v) is 8.61. The van der Waals surface area contributed by atoms with Gasteiger partial charge in [-0.3, -0.25) is 0 Å². The van der Waals surface area contributed by atoms with Gasteiger partial charge in [0, 0.05) is 0 Å². The second-order valence-corrected chi connectivity index (χ2v) is 2.82. The third-order valence-electron chi connectivity index (χ3n) is 1.87. The van der Waals surface area contributed by atoms with E-state index in [1.165, 1.54) is 0 Å². The number of halogens is 2. The van der Waals surface area contributed by atoms with Gasteiger partial charge in [0.2, 0.25) is 0 Å². The molecule has 1 aromatic carbocycles. The predicted octanol–water partition coefficient (Wildman–Crippen LogP) is 1.65. The molecule has 0 saturated carbocycles. The first kappa shape index (κ1) is 12.7. The van der Waals surface area contributed by atoms with Gasteiger partial charge in [-0.15, -0.1) is 0 Å². The molecule has 0 aliphatic rings. The van der Waals surface area contributed by atoms with E-state index in [1.807, 2.05) is 0 Å². The van der Waals surface area contributed by atoms with Crippen LogP contribution in [0.25, 0.3) is 0 Å². The van der Waals surface area contributed by atoms with E-state index in [1.54, 1.807) is 6.07 Å². The van der Waals surface area contributed by atoms with Crippen molar-refractivity contribution in [3.63, 3.8) is 0 Å². The van der Waals surface area contributed by atoms with Crippen LogP contribution in [0.3, 0.4) is 0 Å². The monoisotopic (exact) mass is 243 g/mol. The molecule has 0 amide bonds. The molecule has 0 aliphatic carbocycles. The summed E-state index contributed by atoms with van der Waals surface area (Å²) in [7, 11) is 1.01. The molecule has 0 aromatic heterocycles. The number of alkyl halides is 2. The number of esters is 1. The third kappa shape index (κ3) is 2.60. The lowest BCUT2D eigenvalue weighted by Gasteiger charge is -2.11. The van der Waals surface area contributed by atoms with Gasteiger partial charge in [0.15, 0.2) is 5.75 Å². The minimum Gasteiger partial charge on any atom is -0.506 e. The van der Waals surface area contributed by atoms with Crippen molar-refractivity contribution >= 4 is 5.97 Å². The zero-order valence-electron chi connectivity index (χ0n) is 8.61. The highest BCUT2D eigenvalue weighted by molar-refractivity contribution is 5.96. The van der Waals surface area contributed by atoms with Crippen LogP contribution in [0.1, 0.15) is 15.9 Å². The second-order valence-electron chi connectivity index (χ2n) is 2.82. The van der Waals surface area contributed by atoms with Gasteiger partial charge >= 0.3 is 12.6 Å². The van der Waals surface area contributed by atoms with Crippen LogP contribution in [0.4, 0.5) is 8.78 Å². The minimum atomic E-state index is -3.16. The Morgan fingerprint density at radius 1 is 1.53 bits per heavy atom. The first-order valence-corrected chi connectivity index (χ1v) is 4.30. The molecule has 0 heterocycles. The molecule has 5 nitrogen and oxygen atoms in total. The zero-order chi connectivity index (χ0) is 13.0. The molecule has 0 aliphatic heterocycles. The number of rotatable bonds is 3. The first-order chi connectivity index (χ1) is 8.01. The Kier molecular flexibility index (Phi) is 3.82. The van der Waals surface area contributed by atoms with E-state index >= 15 is 0 Å². The predicted molar refractivity (Wildman–Crippen MR) is 50.8 cm³/mol. The maximum absolute atomic E-state index is 12.1. The number of hydrogen-bond acceptors (Lipinski definition) is 5. The molecule has 0 atom stereocenters. The third-order valence-corrected chi connectivity index (χ3v) is 1.87. The number of ether oxygens (including phenoxy) is 2. The van der Waals surface area contributed by atoms with Crippen molar-refractivity contribution in [2.75, 3.05) is 7.11 Å². The Balaban J connectivity index is 3.36. The second kappa shape index (κ2) is 5.12. The number of phenols is 1. The Bertz CT molecular complexity index is 482. The highest BCUT2D eigenvalue weighted by Gasteiger charge is 2.23. The minimum absolute atomic E-state index is 0.244. The molecule has 0 fully saturated rings. The first-order valence-electron chi connectivity index (χ1n) is 4.30. The van der Waals surface area contributed by atoms with E-state index in [-0.39, 0.29) is 5.56 Å². The molecule has 0 radical (unpaired) electrons. The van der Waals surface area contributed by atoms with Crippen LogP contribution >= 0.6 is 0 Å². The fourth-order valence-corrected chi connectivity index (χ4v) is 1.16. The molecule has 0 unspecified atom stereocenters. The van der Waals surface area contributed by atoms with Gasteiger partial charge in [0.1, 0.15) is 17.4 Å². The van der Waals surface area contributed by atoms with Crippen LogP contribution in [-0.2, 0) is 4.74 Å². The van der Waals surface area contributed by atoms with Crippen molar-refractivity contribution in [3.05, 3.63) is 23.3 Å². The fraction of sp³-hybridized carbons (Fsp3) is 0.200. The van der Waals surface area contributed by atoms with Crippen molar-refractivity contribution in [1.82, 2.24) is 0 Å². The average Bonchev–Trinajstić information content (AvgIpc) is 2.28. The Labute approximate surface area is 94.8 Å². The molecule has 1 rings (SSSR count). The van der Waals surface area contributed by atoms with Crippen molar-refractivity contribution in [2.24, 2.45) is 0 Å². The number of methoxy groups -OCH3 is 1. The standard InChI is InChI=1S/C10H7F2NO4/c1-16-9(15)7-6(17-10(11)12)3-2-5(4-13)8(7)14/h2-3,10,14H,1H3. The molecule has 0 bridgehead atoms. The van der Waals surface area contributed by atoms with Crippen LogP contribution in [0, 0.1) is 11.3 Å². The van der Waals surface area contributed by atoms with Crippen LogP contribution in [0.5, 0.6) is 11.5 Å². The van der Waals surface area contributed by atoms with E-state index in [0.29, 0.717) is 0 Å². The largest absolute Gasteiger partial charge is 0.506 e. The molecular weight excluding hydrogens is 236 g/mol. The normalized spacial score (nSPS) is 9.82. The summed E-state index contributed by atoms with van der Waals surface area (Å²) in [5.74, 6) is -2.38. The summed E-state index contributed by atoms with van der Waals surface area (Å²) in [6.07, 6.45) is 0. The van der Waals surface area contributed by atoms with Crippen LogP contribution in [0.15, 0.2) is 12.1 Å². The van der Waals surface area contributed by atoms with E-state index in [4.69, 9.17) is 5.26 Å². The van der Waals surface area contributed by atoms with Crippen molar-refractivity contribution in [3.8, 4) is 17.6 Å². The Morgan fingerprint density at radius 3 is 2.65 bits per heavy atom. The number of nitriles is 1. The molecule has 1 N–H and O–H groups in total. The van der Waals surface area contributed by atoms with Crippen molar-refractivity contribution in [1.29, 1.82) is 5.26 Å². The van der Waals surface area contributed by atoms with Gasteiger partial charge in [-0.2, -0.15) is 14.0 Å². The molecule has 0 saturated heterocycles. The topological polar surface area (TPSA) is 79.5 Å². The fourth-order valence-electron chi connectivity index (χ4n) is 1.16. The summed E-state index contributed by atoms with van der Waals surface area (Å²) < 4.78 is 32.5. The molecule has 7 heteroatoms. The molecule has 0 spiro atoms. The van der Waals surface area contributed by atoms with Gasteiger partial charge in [0.05, 0.1) is 12.7 Å². The number of nitrogens with zero attached hydrogens (tertiary/aromatic N) is 1. The van der Waals surface area contributed by atoms with Crippen LogP contribution in [0.2, 0.25) is 0 Å². The van der Waals surface area contributed by atoms with Gasteiger partial charge in [0.25, 0.3) is 0 Å². The number of carbonyl (C=O) groups is 1. The van der Waals surface area contributed by atoms with Gasteiger partial charge in [-0.1, -0.05) is 0 Å².